The molecule has 40 nitrogen and oxygen atoms in total. The van der Waals surface area contributed by atoms with Crippen LogP contribution < -0.4 is 40.4 Å². The average molecular weight is 2020 g/mol. The maximum absolute atomic E-state index is 11.8. The van der Waals surface area contributed by atoms with E-state index in [9.17, 15) is 249 Å². The van der Waals surface area contributed by atoms with Crippen LogP contribution in [0, 0.1) is 12.3 Å². The maximum Gasteiger partial charge on any atom is 0.512 e. The second-order valence-electron chi connectivity index (χ2n) is 14.6. The summed E-state index contributed by atoms with van der Waals surface area (Å²) in [5, 5.41) is 0.249. The normalized spacial score (nSPS) is 14.0. The molecule has 0 amide bonds. The largest absolute Gasteiger partial charge is 0.512 e. The van der Waals surface area contributed by atoms with E-state index in [4.69, 9.17) is 4.57 Å². The van der Waals surface area contributed by atoms with Crippen molar-refractivity contribution in [1.29, 1.82) is 0 Å². The molecule has 106 heavy (non-hydrogen) atoms. The Bertz CT molecular complexity index is 4310. The van der Waals surface area contributed by atoms with Crippen molar-refractivity contribution in [2.75, 3.05) is 39.9 Å². The zero-order chi connectivity index (χ0) is 89.1. The molecule has 0 rings (SSSR count). The van der Waals surface area contributed by atoms with Crippen molar-refractivity contribution in [1.82, 2.24) is 40.4 Å². The van der Waals surface area contributed by atoms with E-state index < -0.39 is 211 Å². The summed E-state index contributed by atoms with van der Waals surface area (Å²) in [6.07, 6.45) is -17.2. The van der Waals surface area contributed by atoms with Crippen LogP contribution in [0.15, 0.2) is 12.0 Å². The molecule has 0 aromatic carbocycles. The molecule has 0 aromatic rings. The Kier molecular flexibility index (Phi) is 51.0. The molecule has 90 heteroatoms. The molecule has 0 heterocycles. The van der Waals surface area contributed by atoms with Gasteiger partial charge in [0.2, 0.25) is 20.0 Å². The Hall–Kier alpha value is -1.84. The molecule has 648 valence electrons. The topological polar surface area (TPSA) is 606 Å². The minimum atomic E-state index is -6.65. The lowest BCUT2D eigenvalue weighted by Crippen LogP contribution is -2.47. The first-order valence-electron chi connectivity index (χ1n) is 20.0. The molecule has 0 aromatic heterocycles. The van der Waals surface area contributed by atoms with E-state index in [2.05, 4.69) is 29.7 Å². The van der Waals surface area contributed by atoms with Crippen LogP contribution in [0.5, 0.6) is 0 Å². The first kappa shape index (κ1) is 122. The summed E-state index contributed by atoms with van der Waals surface area (Å²) in [5.41, 5.74) is -11.3. The fraction of sp³-hybridized carbons (Fsp3) is 0.750. The highest BCUT2D eigenvalue weighted by molar-refractivity contribution is 7.98. The van der Waals surface area contributed by atoms with Gasteiger partial charge in [0.15, 0.2) is 13.9 Å². The van der Waals surface area contributed by atoms with Gasteiger partial charge in [-0.3, -0.25) is 4.18 Å². The van der Waals surface area contributed by atoms with Gasteiger partial charge in [0.1, 0.15) is 6.61 Å². The molecule has 0 saturated carbocycles. The molecule has 0 aliphatic rings. The number of hydrogen-bond acceptors (Lipinski definition) is 31. The van der Waals surface area contributed by atoms with E-state index in [1.165, 1.54) is 0 Å². The van der Waals surface area contributed by atoms with E-state index in [1.807, 2.05) is 0 Å². The van der Waals surface area contributed by atoms with Crippen LogP contribution in [0.4, 0.5) is 137 Å². The van der Waals surface area contributed by atoms with Gasteiger partial charge in [-0.25, -0.2) is 82.7 Å². The lowest BCUT2D eigenvalue weighted by atomic mass is 10.3. The van der Waals surface area contributed by atoms with Crippen molar-refractivity contribution in [2.45, 2.75) is 35.6 Å². The monoisotopic (exact) mass is 2020 g/mol. The van der Waals surface area contributed by atoms with E-state index >= 15 is 0 Å². The smallest absolute Gasteiger partial charge is 0.306 e. The number of terminal acetylenes is 1. The highest BCUT2D eigenvalue weighted by atomic mass is 32.3. The van der Waals surface area contributed by atoms with Crippen LogP contribution in [0.1, 0.15) is 0 Å². The van der Waals surface area contributed by atoms with Crippen LogP contribution in [0.3, 0.4) is 0 Å². The van der Waals surface area contributed by atoms with Crippen molar-refractivity contribution >= 4 is 162 Å². The van der Waals surface area contributed by atoms with Crippen LogP contribution in [0.2, 0.25) is 0 Å². The minimum absolute atomic E-state index is 0.0139. The van der Waals surface area contributed by atoms with Gasteiger partial charge in [0.05, 0.1) is 13.4 Å². The maximum atomic E-state index is 11.8. The molecule has 0 atom stereocenters. The van der Waals surface area contributed by atoms with Gasteiger partial charge in [-0.2, -0.15) is 112 Å². The first-order valence-corrected chi connectivity index (χ1v) is 47.9. The second-order valence-corrected chi connectivity index (χ2v) is 42.7. The molecule has 0 aliphatic heterocycles. The molecule has 0 saturated heterocycles. The van der Waals surface area contributed by atoms with Crippen molar-refractivity contribution in [2.24, 2.45) is 0 Å². The van der Waals surface area contributed by atoms with E-state index in [1.54, 1.807) is 5.92 Å². The molecular formula is C16H30F32N9O31P9S9. The van der Waals surface area contributed by atoms with Crippen LogP contribution in [-0.4, -0.2) is 151 Å². The number of sulfonamides is 4. The minimum Gasteiger partial charge on any atom is -0.306 e. The lowest BCUT2D eigenvalue weighted by molar-refractivity contribution is -0.299. The van der Waals surface area contributed by atoms with Crippen LogP contribution >= 0.6 is 70.6 Å². The molecular weight excluding hydrogens is 1990 g/mol. The van der Waals surface area contributed by atoms with Crippen molar-refractivity contribution in [3.8, 4) is 12.3 Å². The fourth-order valence-corrected chi connectivity index (χ4v) is 16.7. The van der Waals surface area contributed by atoms with Crippen molar-refractivity contribution in [3.05, 3.63) is 12.0 Å². The molecule has 0 bridgehead atoms. The summed E-state index contributed by atoms with van der Waals surface area (Å²) in [6, 6.07) is 0. The van der Waals surface area contributed by atoms with Gasteiger partial charge in [-0.1, -0.05) is 38.8 Å². The Balaban J connectivity index is -0.000000144. The van der Waals surface area contributed by atoms with E-state index in [0.717, 1.165) is 17.8 Å². The number of nitrogens with one attached hydrogen (secondary N) is 9. The molecule has 9 N–H and O–H groups in total. The Morgan fingerprint density at radius 3 is 0.802 bits per heavy atom. The highest BCUT2D eigenvalue weighted by Gasteiger charge is 2.61. The SMILES string of the molecule is C#CCOS(=O)(=O)NP(=O)(F)F.C=CS(=O)(=O)NP(=O)(F)F.COS(=O)(=O)NP(=O)(F)F.CP(C)(=O)NS(=O)(=O)C(F)(F)F.CS(=O)(=O)NP(=O)(F)F.O=P(F)(F)NS(=O)(=O)C(F)(F)F.O=P(F)(F)NS(=O)(=O)F.O=P(F)(F)NS(=O)(=O)OC(C(F)(F)F)C(F)(F)F.O=P(F)(F)NS(=O)(=O)OCC(F)(F)F. The summed E-state index contributed by atoms with van der Waals surface area (Å²) in [7, 11) is -97.4. The zero-order valence-corrected chi connectivity index (χ0v) is 63.2. The summed E-state index contributed by atoms with van der Waals surface area (Å²) in [6.45, 7) is 1.51. The third-order valence-electron chi connectivity index (χ3n) is 4.70. The van der Waals surface area contributed by atoms with Crippen molar-refractivity contribution < 1.29 is 270 Å². The summed E-state index contributed by atoms with van der Waals surface area (Å²) in [4.78, 5) is 0. The van der Waals surface area contributed by atoms with Gasteiger partial charge in [-0.05, 0) is 0 Å². The summed E-state index contributed by atoms with van der Waals surface area (Å²) < 4.78 is 649. The van der Waals surface area contributed by atoms with Gasteiger partial charge in [0.25, 0.3) is 6.10 Å². The first-order chi connectivity index (χ1) is 44.6. The number of halogens is 32. The van der Waals surface area contributed by atoms with Gasteiger partial charge in [-0.15, -0.1) is 87.1 Å². The molecule has 0 radical (unpaired) electrons. The van der Waals surface area contributed by atoms with Gasteiger partial charge >= 0.3 is 165 Å². The summed E-state index contributed by atoms with van der Waals surface area (Å²) >= 11 is 0. The molecule has 0 fully saturated rings. The zero-order valence-electron chi connectivity index (χ0n) is 47.8. The average Bonchev–Trinajstić information content (AvgIpc) is 0.818. The number of hydrogen-bond donors (Lipinski definition) is 9. The Morgan fingerprint density at radius 2 is 0.660 bits per heavy atom. The third-order valence-corrected chi connectivity index (χ3v) is 25.4. The van der Waals surface area contributed by atoms with Gasteiger partial charge in [0, 0.05) is 18.7 Å². The third kappa shape index (κ3) is 94.5. The molecule has 0 unspecified atom stereocenters. The van der Waals surface area contributed by atoms with E-state index in [0.29, 0.717) is 31.3 Å². The highest BCUT2D eigenvalue weighted by Crippen LogP contribution is 2.50. The number of rotatable bonds is 26. The quantitative estimate of drug-likeness (QED) is 0.0168. The Morgan fingerprint density at radius 1 is 0.406 bits per heavy atom. The Labute approximate surface area is 570 Å². The molecule has 0 spiro atoms. The fourth-order valence-electron chi connectivity index (χ4n) is 2.35. The predicted octanol–water partition coefficient (Wildman–Crippen LogP) is 9.81. The summed E-state index contributed by atoms with van der Waals surface area (Å²) in [5.74, 6) is 1.73. The number of alkyl halides is 15. The second kappa shape index (κ2) is 44.2. The van der Waals surface area contributed by atoms with Crippen LogP contribution in [0.25, 0.3) is 0 Å². The standard InChI is InChI=1S/C3H2F8NO4PS.C3H7F3NO3PS.C3H4F2NO4PS.C2H3F5NO4PS.C2H4F2NO3PS.CHF5NO3PS.CH4F2NO4PS.CH4F2NO3PS.F3HNO3PS/c4-2(5,6)1(3(7,8)9)16-18(14,15)12-17(10,11)13;1-11(2,8)7-12(9,10)3(4,5)6;1-2-3-10-12(8,9)6-11(4,5)7;3-2(4,5)1-12-14(10,11)8-13(6,7)9;1-2-10(7,8)5-9(3,4)6;2-1(3,4)12(9,10)7-11(5,6)8;1-8-10(6,7)4-9(2,3)5;1-9(6,7)4-8(2,3)5;1-8(2,5)4-9(3,6)7/h1H,(H,12,13);1-2H3,(H,7,8);1H,3H2,(H,6,7);1H2,(H,8,9);2H,1H2,(H,5,6);(H,7,8);1H3,(H,4,5);1H3,(H,4,5);(H,4,5). The predicted molar refractivity (Wildman–Crippen MR) is 287 cm³/mol. The van der Waals surface area contributed by atoms with Gasteiger partial charge < -0.3 is 4.57 Å². The van der Waals surface area contributed by atoms with Crippen molar-refractivity contribution in [3.63, 3.8) is 0 Å². The van der Waals surface area contributed by atoms with Crippen LogP contribution in [-0.2, 0) is 150 Å². The van der Waals surface area contributed by atoms with E-state index in [-0.39, 0.29) is 23.4 Å². The lowest BCUT2D eigenvalue weighted by Gasteiger charge is -2.22. The molecule has 0 aliphatic carbocycles.